The third kappa shape index (κ3) is 6.80. The Balaban J connectivity index is 1.79. The highest BCUT2D eigenvalue weighted by atomic mass is 19.1. The number of amides is 3. The van der Waals surface area contributed by atoms with Crippen molar-refractivity contribution in [3.8, 4) is 0 Å². The summed E-state index contributed by atoms with van der Waals surface area (Å²) in [5.74, 6) is -0.730. The Morgan fingerprint density at radius 1 is 1.26 bits per heavy atom. The summed E-state index contributed by atoms with van der Waals surface area (Å²) in [6.07, 6.45) is 1.37. The topological polar surface area (TPSA) is 99.7 Å². The van der Waals surface area contributed by atoms with Crippen LogP contribution in [0.1, 0.15) is 43.5 Å². The van der Waals surface area contributed by atoms with Gasteiger partial charge in [0, 0.05) is 18.2 Å². The van der Waals surface area contributed by atoms with E-state index in [1.807, 2.05) is 13.8 Å². The molecule has 3 amide bonds. The van der Waals surface area contributed by atoms with Crippen LogP contribution in [0.25, 0.3) is 0 Å². The molecule has 1 fully saturated rings. The number of nitrogens with one attached hydrogen (secondary N) is 3. The number of carbonyl (C=O) groups excluding carboxylic acids is 2. The molecule has 1 heterocycles. The molecule has 1 saturated heterocycles. The number of hydrogen-bond donors (Lipinski definition) is 4. The van der Waals surface area contributed by atoms with Crippen LogP contribution in [0, 0.1) is 5.82 Å². The number of aliphatic hydroxyl groups excluding tert-OH is 1. The van der Waals surface area contributed by atoms with Gasteiger partial charge in [0.2, 0.25) is 0 Å². The second-order valence-corrected chi connectivity index (χ2v) is 6.99. The van der Waals surface area contributed by atoms with Gasteiger partial charge in [0.1, 0.15) is 11.9 Å². The van der Waals surface area contributed by atoms with Gasteiger partial charge in [0.05, 0.1) is 18.8 Å². The monoisotopic (exact) mass is 381 g/mol. The van der Waals surface area contributed by atoms with Crippen LogP contribution in [0.4, 0.5) is 9.18 Å². The SMILES string of the molecule is CC(C)NC(=O)NCC[C@@H]1CC[C@@H](NC(=O)c2ccc(F)cc2)[C@@H](CO)O1. The predicted molar refractivity (Wildman–Crippen MR) is 98.9 cm³/mol. The first-order valence-corrected chi connectivity index (χ1v) is 9.26. The number of hydrogen-bond acceptors (Lipinski definition) is 4. The third-order valence-electron chi connectivity index (χ3n) is 4.39. The highest BCUT2D eigenvalue weighted by Gasteiger charge is 2.31. The van der Waals surface area contributed by atoms with Crippen molar-refractivity contribution < 1.29 is 23.8 Å². The molecule has 2 rings (SSSR count). The first-order chi connectivity index (χ1) is 12.9. The quantitative estimate of drug-likeness (QED) is 0.576. The minimum Gasteiger partial charge on any atom is -0.394 e. The number of rotatable bonds is 7. The Hall–Kier alpha value is -2.19. The molecule has 150 valence electrons. The van der Waals surface area contributed by atoms with Gasteiger partial charge in [-0.2, -0.15) is 0 Å². The molecule has 8 heteroatoms. The summed E-state index contributed by atoms with van der Waals surface area (Å²) in [5, 5.41) is 18.0. The van der Waals surface area contributed by atoms with Crippen molar-refractivity contribution in [3.63, 3.8) is 0 Å². The Kier molecular flexibility index (Phi) is 7.99. The lowest BCUT2D eigenvalue weighted by Crippen LogP contribution is -2.51. The standard InChI is InChI=1S/C19H28FN3O4/c1-12(2)22-19(26)21-10-9-15-7-8-16(17(11-24)27-15)23-18(25)13-3-5-14(20)6-4-13/h3-6,12,15-17,24H,7-11H2,1-2H3,(H,23,25)(H2,21,22,26)/t15-,16+,17+/m0/s1. The van der Waals surface area contributed by atoms with Crippen molar-refractivity contribution in [1.29, 1.82) is 0 Å². The van der Waals surface area contributed by atoms with E-state index in [0.717, 1.165) is 0 Å². The largest absolute Gasteiger partial charge is 0.394 e. The Morgan fingerprint density at radius 2 is 1.96 bits per heavy atom. The lowest BCUT2D eigenvalue weighted by Gasteiger charge is -2.36. The zero-order valence-electron chi connectivity index (χ0n) is 15.7. The molecule has 1 aliphatic rings. The maximum absolute atomic E-state index is 13.0. The van der Waals surface area contributed by atoms with Crippen molar-refractivity contribution in [2.75, 3.05) is 13.2 Å². The average molecular weight is 381 g/mol. The molecule has 1 aromatic rings. The maximum Gasteiger partial charge on any atom is 0.314 e. The zero-order chi connectivity index (χ0) is 19.8. The van der Waals surface area contributed by atoms with Crippen molar-refractivity contribution in [3.05, 3.63) is 35.6 Å². The minimum absolute atomic E-state index is 0.0696. The Labute approximate surface area is 158 Å². The number of ether oxygens (including phenoxy) is 1. The number of aliphatic hydroxyl groups is 1. The summed E-state index contributed by atoms with van der Waals surface area (Å²) in [4.78, 5) is 23.8. The van der Waals surface area contributed by atoms with E-state index in [4.69, 9.17) is 4.74 Å². The van der Waals surface area contributed by atoms with E-state index in [0.29, 0.717) is 31.4 Å². The molecule has 0 aliphatic carbocycles. The number of halogens is 1. The summed E-state index contributed by atoms with van der Waals surface area (Å²) < 4.78 is 18.8. The van der Waals surface area contributed by atoms with Crippen LogP contribution < -0.4 is 16.0 Å². The molecule has 0 bridgehead atoms. The molecule has 0 spiro atoms. The van der Waals surface area contributed by atoms with E-state index in [2.05, 4.69) is 16.0 Å². The fourth-order valence-corrected chi connectivity index (χ4v) is 3.02. The summed E-state index contributed by atoms with van der Waals surface area (Å²) >= 11 is 0. The van der Waals surface area contributed by atoms with Gasteiger partial charge in [-0.1, -0.05) is 0 Å². The van der Waals surface area contributed by atoms with Gasteiger partial charge in [-0.3, -0.25) is 4.79 Å². The molecule has 3 atom stereocenters. The number of benzene rings is 1. The van der Waals surface area contributed by atoms with Crippen LogP contribution in [-0.4, -0.2) is 54.5 Å². The second kappa shape index (κ2) is 10.2. The maximum atomic E-state index is 13.0. The summed E-state index contributed by atoms with van der Waals surface area (Å²) in [5.41, 5.74) is 0.357. The van der Waals surface area contributed by atoms with E-state index >= 15 is 0 Å². The van der Waals surface area contributed by atoms with Gasteiger partial charge in [0.25, 0.3) is 5.91 Å². The van der Waals surface area contributed by atoms with Crippen LogP contribution in [0.5, 0.6) is 0 Å². The molecule has 27 heavy (non-hydrogen) atoms. The lowest BCUT2D eigenvalue weighted by molar-refractivity contribution is -0.0892. The molecule has 0 unspecified atom stereocenters. The van der Waals surface area contributed by atoms with Crippen molar-refractivity contribution >= 4 is 11.9 Å². The summed E-state index contributed by atoms with van der Waals surface area (Å²) in [7, 11) is 0. The van der Waals surface area contributed by atoms with Gasteiger partial charge in [-0.15, -0.1) is 0 Å². The second-order valence-electron chi connectivity index (χ2n) is 6.99. The van der Waals surface area contributed by atoms with Crippen LogP contribution in [0.15, 0.2) is 24.3 Å². The fourth-order valence-electron chi connectivity index (χ4n) is 3.02. The number of urea groups is 1. The summed E-state index contributed by atoms with van der Waals surface area (Å²) in [6.45, 7) is 4.02. The van der Waals surface area contributed by atoms with Crippen LogP contribution in [-0.2, 0) is 4.74 Å². The first-order valence-electron chi connectivity index (χ1n) is 9.26. The highest BCUT2D eigenvalue weighted by molar-refractivity contribution is 5.94. The lowest BCUT2D eigenvalue weighted by atomic mass is 9.96. The number of carbonyl (C=O) groups is 2. The van der Waals surface area contributed by atoms with Crippen molar-refractivity contribution in [2.45, 2.75) is 57.4 Å². The molecular weight excluding hydrogens is 353 g/mol. The van der Waals surface area contributed by atoms with Gasteiger partial charge in [-0.25, -0.2) is 9.18 Å². The molecule has 0 radical (unpaired) electrons. The van der Waals surface area contributed by atoms with Crippen molar-refractivity contribution in [1.82, 2.24) is 16.0 Å². The van der Waals surface area contributed by atoms with E-state index in [9.17, 15) is 19.1 Å². The summed E-state index contributed by atoms with van der Waals surface area (Å²) in [6, 6.07) is 4.82. The Bertz CT molecular complexity index is 624. The van der Waals surface area contributed by atoms with Gasteiger partial charge >= 0.3 is 6.03 Å². The van der Waals surface area contributed by atoms with Crippen LogP contribution in [0.3, 0.4) is 0 Å². The molecule has 1 aliphatic heterocycles. The average Bonchev–Trinajstić information content (AvgIpc) is 2.62. The molecule has 7 nitrogen and oxygen atoms in total. The predicted octanol–water partition coefficient (Wildman–Crippen LogP) is 1.56. The normalized spacial score (nSPS) is 22.3. The van der Waals surface area contributed by atoms with Crippen LogP contribution in [0.2, 0.25) is 0 Å². The fraction of sp³-hybridized carbons (Fsp3) is 0.579. The first kappa shape index (κ1) is 21.1. The van der Waals surface area contributed by atoms with E-state index in [1.54, 1.807) is 0 Å². The van der Waals surface area contributed by atoms with Crippen LogP contribution >= 0.6 is 0 Å². The van der Waals surface area contributed by atoms with Gasteiger partial charge in [-0.05, 0) is 57.4 Å². The molecule has 1 aromatic carbocycles. The third-order valence-corrected chi connectivity index (χ3v) is 4.39. The van der Waals surface area contributed by atoms with E-state index < -0.39 is 11.9 Å². The molecule has 0 saturated carbocycles. The molecule has 4 N–H and O–H groups in total. The zero-order valence-corrected chi connectivity index (χ0v) is 15.7. The highest BCUT2D eigenvalue weighted by Crippen LogP contribution is 2.22. The minimum atomic E-state index is -0.516. The van der Waals surface area contributed by atoms with E-state index in [1.165, 1.54) is 24.3 Å². The van der Waals surface area contributed by atoms with Gasteiger partial charge < -0.3 is 25.8 Å². The molecular formula is C19H28FN3O4. The smallest absolute Gasteiger partial charge is 0.314 e. The Morgan fingerprint density at radius 3 is 2.59 bits per heavy atom. The van der Waals surface area contributed by atoms with Crippen molar-refractivity contribution in [2.24, 2.45) is 0 Å². The van der Waals surface area contributed by atoms with Gasteiger partial charge in [0.15, 0.2) is 0 Å². The van der Waals surface area contributed by atoms with E-state index in [-0.39, 0.29) is 36.7 Å². The molecule has 0 aromatic heterocycles.